The number of hydrogen-bond donors (Lipinski definition) is 2. The van der Waals surface area contributed by atoms with Crippen LogP contribution in [0, 0.1) is 5.92 Å². The van der Waals surface area contributed by atoms with E-state index in [-0.39, 0.29) is 42.0 Å². The Labute approximate surface area is 156 Å². The fraction of sp³-hybridized carbons (Fsp3) is 0.389. The van der Waals surface area contributed by atoms with Gasteiger partial charge in [0.05, 0.1) is 6.33 Å². The molecule has 8 heteroatoms. The number of hydrogen-bond acceptors (Lipinski definition) is 5. The maximum atomic E-state index is 12.6. The molecular weight excluding hydrogens is 356 g/mol. The first kappa shape index (κ1) is 18.4. The summed E-state index contributed by atoms with van der Waals surface area (Å²) in [4.78, 5) is 29.3. The Morgan fingerprint density at radius 1 is 1.42 bits per heavy atom. The Hall–Kier alpha value is -2.38. The Morgan fingerprint density at radius 2 is 2.23 bits per heavy atom. The highest BCUT2D eigenvalue weighted by Gasteiger charge is 2.23. The SMILES string of the molecule is CC1CNCCC1NC(=O)Cn1cnc2c(oc3ccccc32)c1=O.Cl. The second-order valence-electron chi connectivity index (χ2n) is 6.60. The molecular formula is C18H21ClN4O3. The molecule has 2 N–H and O–H groups in total. The first-order valence-corrected chi connectivity index (χ1v) is 8.50. The molecule has 138 valence electrons. The third-order valence-corrected chi connectivity index (χ3v) is 4.80. The predicted molar refractivity (Wildman–Crippen MR) is 102 cm³/mol. The molecule has 1 fully saturated rings. The molecule has 0 saturated carbocycles. The van der Waals surface area contributed by atoms with Crippen LogP contribution in [0.2, 0.25) is 0 Å². The van der Waals surface area contributed by atoms with Crippen molar-refractivity contribution in [1.82, 2.24) is 20.2 Å². The lowest BCUT2D eigenvalue weighted by atomic mass is 9.95. The Bertz CT molecular complexity index is 997. The summed E-state index contributed by atoms with van der Waals surface area (Å²) in [5.41, 5.74) is 0.999. The van der Waals surface area contributed by atoms with Crippen LogP contribution < -0.4 is 16.2 Å². The number of carbonyl (C=O) groups excluding carboxylic acids is 1. The van der Waals surface area contributed by atoms with Gasteiger partial charge in [-0.25, -0.2) is 4.98 Å². The maximum absolute atomic E-state index is 12.6. The summed E-state index contributed by atoms with van der Waals surface area (Å²) in [7, 11) is 0. The minimum absolute atomic E-state index is 0. The van der Waals surface area contributed by atoms with Crippen LogP contribution in [-0.4, -0.2) is 34.6 Å². The monoisotopic (exact) mass is 376 g/mol. The van der Waals surface area contributed by atoms with Crippen molar-refractivity contribution in [2.24, 2.45) is 5.92 Å². The number of benzene rings is 1. The zero-order valence-corrected chi connectivity index (χ0v) is 15.2. The molecule has 0 radical (unpaired) electrons. The van der Waals surface area contributed by atoms with Gasteiger partial charge in [-0.3, -0.25) is 14.2 Å². The first-order chi connectivity index (χ1) is 12.1. The zero-order chi connectivity index (χ0) is 17.4. The van der Waals surface area contributed by atoms with E-state index in [0.29, 0.717) is 17.0 Å². The van der Waals surface area contributed by atoms with Gasteiger partial charge in [0.1, 0.15) is 17.6 Å². The minimum atomic E-state index is -0.338. The van der Waals surface area contributed by atoms with Gasteiger partial charge in [-0.05, 0) is 37.6 Å². The molecule has 4 rings (SSSR count). The van der Waals surface area contributed by atoms with Gasteiger partial charge in [-0.2, -0.15) is 0 Å². The summed E-state index contributed by atoms with van der Waals surface area (Å²) in [6.45, 7) is 3.82. The molecule has 1 saturated heterocycles. The van der Waals surface area contributed by atoms with Crippen molar-refractivity contribution < 1.29 is 9.21 Å². The molecule has 3 aromatic rings. The smallest absolute Gasteiger partial charge is 0.297 e. The lowest BCUT2D eigenvalue weighted by molar-refractivity contribution is -0.122. The number of rotatable bonds is 3. The third kappa shape index (κ3) is 3.32. The van der Waals surface area contributed by atoms with E-state index in [4.69, 9.17) is 4.42 Å². The third-order valence-electron chi connectivity index (χ3n) is 4.80. The lowest BCUT2D eigenvalue weighted by Gasteiger charge is -2.30. The summed E-state index contributed by atoms with van der Waals surface area (Å²) in [5, 5.41) is 7.12. The van der Waals surface area contributed by atoms with Gasteiger partial charge in [-0.1, -0.05) is 19.1 Å². The highest BCUT2D eigenvalue weighted by molar-refractivity contribution is 6.01. The van der Waals surface area contributed by atoms with E-state index in [9.17, 15) is 9.59 Å². The van der Waals surface area contributed by atoms with Crippen molar-refractivity contribution >= 4 is 40.4 Å². The van der Waals surface area contributed by atoms with E-state index in [2.05, 4.69) is 22.5 Å². The number of nitrogens with one attached hydrogen (secondary N) is 2. The molecule has 26 heavy (non-hydrogen) atoms. The van der Waals surface area contributed by atoms with Crippen LogP contribution in [0.15, 0.2) is 39.8 Å². The summed E-state index contributed by atoms with van der Waals surface area (Å²) in [6, 6.07) is 7.51. The molecule has 0 spiro atoms. The highest BCUT2D eigenvalue weighted by atomic mass is 35.5. The molecule has 2 aromatic heterocycles. The summed E-state index contributed by atoms with van der Waals surface area (Å²) in [5.74, 6) is 0.184. The molecule has 1 amide bonds. The van der Waals surface area contributed by atoms with Crippen LogP contribution in [0.4, 0.5) is 0 Å². The molecule has 1 aliphatic rings. The van der Waals surface area contributed by atoms with Gasteiger partial charge < -0.3 is 15.1 Å². The molecule has 3 heterocycles. The number of furan rings is 1. The van der Waals surface area contributed by atoms with E-state index in [1.807, 2.05) is 18.2 Å². The zero-order valence-electron chi connectivity index (χ0n) is 14.4. The van der Waals surface area contributed by atoms with Crippen molar-refractivity contribution in [2.75, 3.05) is 13.1 Å². The average Bonchev–Trinajstić information content (AvgIpc) is 2.99. The number of aromatic nitrogens is 2. The second kappa shape index (κ2) is 7.47. The van der Waals surface area contributed by atoms with E-state index >= 15 is 0 Å². The number of fused-ring (bicyclic) bond motifs is 3. The van der Waals surface area contributed by atoms with E-state index in [0.717, 1.165) is 24.9 Å². The summed E-state index contributed by atoms with van der Waals surface area (Å²) in [6.07, 6.45) is 2.31. The van der Waals surface area contributed by atoms with Crippen molar-refractivity contribution in [2.45, 2.75) is 25.9 Å². The van der Waals surface area contributed by atoms with Crippen LogP contribution in [0.25, 0.3) is 22.1 Å². The molecule has 1 aromatic carbocycles. The van der Waals surface area contributed by atoms with Crippen LogP contribution in [-0.2, 0) is 11.3 Å². The first-order valence-electron chi connectivity index (χ1n) is 8.50. The Balaban J connectivity index is 0.00000196. The van der Waals surface area contributed by atoms with Gasteiger partial charge in [0.2, 0.25) is 11.5 Å². The minimum Gasteiger partial charge on any atom is -0.448 e. The number of carbonyl (C=O) groups is 1. The highest BCUT2D eigenvalue weighted by Crippen LogP contribution is 2.23. The van der Waals surface area contributed by atoms with Crippen LogP contribution in [0.3, 0.4) is 0 Å². The molecule has 2 atom stereocenters. The van der Waals surface area contributed by atoms with E-state index in [1.165, 1.54) is 10.9 Å². The Morgan fingerprint density at radius 3 is 3.04 bits per heavy atom. The number of nitrogens with zero attached hydrogens (tertiary/aromatic N) is 2. The summed E-state index contributed by atoms with van der Waals surface area (Å²) < 4.78 is 6.93. The number of piperidine rings is 1. The second-order valence-corrected chi connectivity index (χ2v) is 6.60. The molecule has 7 nitrogen and oxygen atoms in total. The molecule has 1 aliphatic heterocycles. The maximum Gasteiger partial charge on any atom is 0.297 e. The summed E-state index contributed by atoms with van der Waals surface area (Å²) >= 11 is 0. The molecule has 0 aliphatic carbocycles. The largest absolute Gasteiger partial charge is 0.448 e. The van der Waals surface area contributed by atoms with E-state index in [1.54, 1.807) is 6.07 Å². The Kier molecular flexibility index (Phi) is 5.29. The van der Waals surface area contributed by atoms with Crippen molar-refractivity contribution in [3.05, 3.63) is 40.9 Å². The normalized spacial score (nSPS) is 20.0. The number of amides is 1. The number of halogens is 1. The van der Waals surface area contributed by atoms with Gasteiger partial charge >= 0.3 is 0 Å². The van der Waals surface area contributed by atoms with Gasteiger partial charge in [0.15, 0.2) is 0 Å². The van der Waals surface area contributed by atoms with Crippen LogP contribution in [0.5, 0.6) is 0 Å². The number of para-hydroxylation sites is 1. The molecule has 2 unspecified atom stereocenters. The van der Waals surface area contributed by atoms with Crippen molar-refractivity contribution in [3.63, 3.8) is 0 Å². The fourth-order valence-corrected chi connectivity index (χ4v) is 3.36. The van der Waals surface area contributed by atoms with Gasteiger partial charge in [-0.15, -0.1) is 12.4 Å². The van der Waals surface area contributed by atoms with E-state index < -0.39 is 0 Å². The predicted octanol–water partition coefficient (Wildman–Crippen LogP) is 1.68. The van der Waals surface area contributed by atoms with Crippen LogP contribution >= 0.6 is 12.4 Å². The quantitative estimate of drug-likeness (QED) is 0.726. The lowest BCUT2D eigenvalue weighted by Crippen LogP contribution is -2.49. The topological polar surface area (TPSA) is 89.2 Å². The standard InChI is InChI=1S/C18H20N4O3.ClH/c1-11-8-19-7-6-13(11)21-15(23)9-22-10-20-16-12-4-2-3-5-14(12)25-17(16)18(22)24;/h2-5,10-11,13,19H,6-9H2,1H3,(H,21,23);1H. The van der Waals surface area contributed by atoms with Crippen molar-refractivity contribution in [3.8, 4) is 0 Å². The van der Waals surface area contributed by atoms with Gasteiger partial charge in [0.25, 0.3) is 5.56 Å². The van der Waals surface area contributed by atoms with Gasteiger partial charge in [0, 0.05) is 11.4 Å². The fourth-order valence-electron chi connectivity index (χ4n) is 3.36. The molecule has 0 bridgehead atoms. The van der Waals surface area contributed by atoms with Crippen molar-refractivity contribution in [1.29, 1.82) is 0 Å². The van der Waals surface area contributed by atoms with Crippen LogP contribution in [0.1, 0.15) is 13.3 Å². The average molecular weight is 377 g/mol.